The first kappa shape index (κ1) is 21.0. The van der Waals surface area contributed by atoms with Gasteiger partial charge in [-0.3, -0.25) is 14.5 Å². The highest BCUT2D eigenvalue weighted by Gasteiger charge is 2.11. The highest BCUT2D eigenvalue weighted by molar-refractivity contribution is 6.04. The van der Waals surface area contributed by atoms with Gasteiger partial charge in [0.25, 0.3) is 5.91 Å². The summed E-state index contributed by atoms with van der Waals surface area (Å²) in [5.41, 5.74) is 3.68. The molecule has 0 aliphatic carbocycles. The summed E-state index contributed by atoms with van der Waals surface area (Å²) in [4.78, 5) is 16.9. The van der Waals surface area contributed by atoms with Crippen LogP contribution in [0.4, 0.5) is 15.8 Å². The zero-order valence-corrected chi connectivity index (χ0v) is 17.7. The van der Waals surface area contributed by atoms with Crippen LogP contribution in [0.1, 0.15) is 15.9 Å². The Morgan fingerprint density at radius 1 is 1.09 bits per heavy atom. The SMILES string of the molecule is COc1cccc(NC(=O)c2ccc(F)c(CNc3cncc(-c4ccn(C)n4)c3)c2)c1. The van der Waals surface area contributed by atoms with Crippen LogP contribution in [0.25, 0.3) is 11.3 Å². The molecule has 0 fully saturated rings. The van der Waals surface area contributed by atoms with Crippen molar-refractivity contribution in [2.24, 2.45) is 7.05 Å². The number of ether oxygens (including phenoxy) is 1. The number of nitrogens with zero attached hydrogens (tertiary/aromatic N) is 3. The van der Waals surface area contributed by atoms with Gasteiger partial charge in [-0.2, -0.15) is 5.10 Å². The Labute approximate surface area is 184 Å². The molecule has 0 bridgehead atoms. The van der Waals surface area contributed by atoms with Crippen molar-refractivity contribution in [1.82, 2.24) is 14.8 Å². The van der Waals surface area contributed by atoms with Crippen molar-refractivity contribution in [2.75, 3.05) is 17.7 Å². The summed E-state index contributed by atoms with van der Waals surface area (Å²) >= 11 is 0. The van der Waals surface area contributed by atoms with Crippen LogP contribution in [-0.4, -0.2) is 27.8 Å². The lowest BCUT2D eigenvalue weighted by molar-refractivity contribution is 0.102. The van der Waals surface area contributed by atoms with Crippen LogP contribution < -0.4 is 15.4 Å². The lowest BCUT2D eigenvalue weighted by atomic mass is 10.1. The van der Waals surface area contributed by atoms with Crippen molar-refractivity contribution in [3.63, 3.8) is 0 Å². The minimum absolute atomic E-state index is 0.194. The third-order valence-electron chi connectivity index (χ3n) is 4.87. The van der Waals surface area contributed by atoms with Crippen molar-refractivity contribution >= 4 is 17.3 Å². The second kappa shape index (κ2) is 9.30. The maximum absolute atomic E-state index is 14.4. The number of rotatable bonds is 7. The molecule has 1 amide bonds. The number of carbonyl (C=O) groups is 1. The molecule has 4 aromatic rings. The number of aryl methyl sites for hydroxylation is 1. The van der Waals surface area contributed by atoms with Crippen molar-refractivity contribution < 1.29 is 13.9 Å². The van der Waals surface area contributed by atoms with E-state index >= 15 is 0 Å². The van der Waals surface area contributed by atoms with Gasteiger partial charge >= 0.3 is 0 Å². The van der Waals surface area contributed by atoms with E-state index in [1.165, 1.54) is 18.2 Å². The molecular weight excluding hydrogens is 409 g/mol. The van der Waals surface area contributed by atoms with Gasteiger partial charge in [0.2, 0.25) is 0 Å². The van der Waals surface area contributed by atoms with E-state index < -0.39 is 5.82 Å². The lowest BCUT2D eigenvalue weighted by Gasteiger charge is -2.11. The third kappa shape index (κ3) is 4.92. The van der Waals surface area contributed by atoms with E-state index in [-0.39, 0.29) is 12.5 Å². The van der Waals surface area contributed by atoms with E-state index in [0.29, 0.717) is 22.6 Å². The molecule has 4 rings (SSSR count). The van der Waals surface area contributed by atoms with E-state index in [1.54, 1.807) is 48.5 Å². The summed E-state index contributed by atoms with van der Waals surface area (Å²) < 4.78 is 21.3. The average Bonchev–Trinajstić information content (AvgIpc) is 3.25. The molecule has 7 nitrogen and oxygen atoms in total. The number of hydrogen-bond donors (Lipinski definition) is 2. The highest BCUT2D eigenvalue weighted by atomic mass is 19.1. The Morgan fingerprint density at radius 2 is 1.97 bits per heavy atom. The van der Waals surface area contributed by atoms with Gasteiger partial charge in [-0.1, -0.05) is 6.07 Å². The highest BCUT2D eigenvalue weighted by Crippen LogP contribution is 2.21. The number of nitrogens with one attached hydrogen (secondary N) is 2. The van der Waals surface area contributed by atoms with E-state index in [1.807, 2.05) is 25.4 Å². The van der Waals surface area contributed by atoms with Gasteiger partial charge in [0.1, 0.15) is 11.6 Å². The molecule has 8 heteroatoms. The lowest BCUT2D eigenvalue weighted by Crippen LogP contribution is -2.13. The minimum Gasteiger partial charge on any atom is -0.497 e. The zero-order chi connectivity index (χ0) is 22.5. The van der Waals surface area contributed by atoms with Crippen LogP contribution in [0.3, 0.4) is 0 Å². The summed E-state index contributed by atoms with van der Waals surface area (Å²) in [6, 6.07) is 15.1. The number of benzene rings is 2. The van der Waals surface area contributed by atoms with Crippen LogP contribution in [0.5, 0.6) is 5.75 Å². The summed E-state index contributed by atoms with van der Waals surface area (Å²) in [6.45, 7) is 0.194. The third-order valence-corrected chi connectivity index (χ3v) is 4.87. The fourth-order valence-corrected chi connectivity index (χ4v) is 3.20. The van der Waals surface area contributed by atoms with Crippen LogP contribution in [0, 0.1) is 5.82 Å². The molecule has 0 saturated heterocycles. The van der Waals surface area contributed by atoms with Gasteiger partial charge < -0.3 is 15.4 Å². The van der Waals surface area contributed by atoms with Crippen LogP contribution in [0.15, 0.2) is 73.2 Å². The average molecular weight is 431 g/mol. The van der Waals surface area contributed by atoms with E-state index in [2.05, 4.69) is 20.7 Å². The Balaban J connectivity index is 1.46. The van der Waals surface area contributed by atoms with Crippen LogP contribution >= 0.6 is 0 Å². The van der Waals surface area contributed by atoms with Crippen LogP contribution in [-0.2, 0) is 13.6 Å². The molecule has 0 saturated carbocycles. The number of hydrogen-bond acceptors (Lipinski definition) is 5. The van der Waals surface area contributed by atoms with Gasteiger partial charge in [0, 0.05) is 60.6 Å². The van der Waals surface area contributed by atoms with E-state index in [4.69, 9.17) is 4.74 Å². The molecule has 2 aromatic heterocycles. The standard InChI is InChI=1S/C24H22FN5O2/c1-30-9-8-23(29-30)18-11-20(15-26-13-18)27-14-17-10-16(6-7-22(17)25)24(31)28-19-4-3-5-21(12-19)32-2/h3-13,15,27H,14H2,1-2H3,(H,28,31). The van der Waals surface area contributed by atoms with Crippen molar-refractivity contribution in [3.8, 4) is 17.0 Å². The minimum atomic E-state index is -0.399. The second-order valence-corrected chi connectivity index (χ2v) is 7.18. The number of aromatic nitrogens is 3. The Kier molecular flexibility index (Phi) is 6.12. The van der Waals surface area contributed by atoms with Gasteiger partial charge in [0.05, 0.1) is 18.5 Å². The molecule has 2 heterocycles. The molecule has 0 atom stereocenters. The molecule has 162 valence electrons. The monoisotopic (exact) mass is 431 g/mol. The molecule has 32 heavy (non-hydrogen) atoms. The number of methoxy groups -OCH3 is 1. The van der Waals surface area contributed by atoms with Crippen molar-refractivity contribution in [2.45, 2.75) is 6.54 Å². The number of halogens is 1. The maximum atomic E-state index is 14.4. The fourth-order valence-electron chi connectivity index (χ4n) is 3.20. The second-order valence-electron chi connectivity index (χ2n) is 7.18. The molecular formula is C24H22FN5O2. The summed E-state index contributed by atoms with van der Waals surface area (Å²) in [5, 5.41) is 10.3. The number of pyridine rings is 1. The van der Waals surface area contributed by atoms with Gasteiger partial charge in [0.15, 0.2) is 0 Å². The predicted molar refractivity (Wildman–Crippen MR) is 121 cm³/mol. The number of anilines is 2. The summed E-state index contributed by atoms with van der Waals surface area (Å²) in [5.74, 6) is -0.101. The molecule has 0 spiro atoms. The predicted octanol–water partition coefficient (Wildman–Crippen LogP) is 4.49. The van der Waals surface area contributed by atoms with Crippen molar-refractivity contribution in [3.05, 3.63) is 90.1 Å². The largest absolute Gasteiger partial charge is 0.497 e. The molecule has 0 aliphatic heterocycles. The number of amides is 1. The summed E-state index contributed by atoms with van der Waals surface area (Å²) in [6.07, 6.45) is 5.23. The molecule has 0 radical (unpaired) electrons. The Bertz CT molecular complexity index is 1250. The molecule has 2 aromatic carbocycles. The van der Waals surface area contributed by atoms with Gasteiger partial charge in [-0.05, 0) is 42.5 Å². The molecule has 0 unspecified atom stereocenters. The Hall–Kier alpha value is -4.20. The zero-order valence-electron chi connectivity index (χ0n) is 17.7. The van der Waals surface area contributed by atoms with Crippen molar-refractivity contribution in [1.29, 1.82) is 0 Å². The first-order chi connectivity index (χ1) is 15.5. The van der Waals surface area contributed by atoms with E-state index in [0.717, 1.165) is 16.9 Å². The smallest absolute Gasteiger partial charge is 0.255 e. The maximum Gasteiger partial charge on any atom is 0.255 e. The number of carbonyl (C=O) groups excluding carboxylic acids is 1. The quantitative estimate of drug-likeness (QED) is 0.451. The fraction of sp³-hybridized carbons (Fsp3) is 0.125. The molecule has 2 N–H and O–H groups in total. The molecule has 0 aliphatic rings. The first-order valence-electron chi connectivity index (χ1n) is 9.94. The first-order valence-corrected chi connectivity index (χ1v) is 9.94. The summed E-state index contributed by atoms with van der Waals surface area (Å²) in [7, 11) is 3.40. The van der Waals surface area contributed by atoms with E-state index in [9.17, 15) is 9.18 Å². The van der Waals surface area contributed by atoms with Gasteiger partial charge in [-0.25, -0.2) is 4.39 Å². The Morgan fingerprint density at radius 3 is 2.75 bits per heavy atom. The normalized spacial score (nSPS) is 10.6. The topological polar surface area (TPSA) is 81.1 Å². The van der Waals surface area contributed by atoms with Gasteiger partial charge in [-0.15, -0.1) is 0 Å². The van der Waals surface area contributed by atoms with Crippen LogP contribution in [0.2, 0.25) is 0 Å².